The van der Waals surface area contributed by atoms with Crippen molar-refractivity contribution in [2.75, 3.05) is 0 Å². The van der Waals surface area contributed by atoms with Gasteiger partial charge in [-0.15, -0.1) is 11.3 Å². The van der Waals surface area contributed by atoms with Crippen LogP contribution < -0.4 is 0 Å². The van der Waals surface area contributed by atoms with E-state index in [0.29, 0.717) is 10.9 Å². The number of H-pyrrole nitrogens is 1. The Morgan fingerprint density at radius 1 is 1.44 bits per heavy atom. The molecule has 0 bridgehead atoms. The third-order valence-electron chi connectivity index (χ3n) is 2.63. The average Bonchev–Trinajstić information content (AvgIpc) is 2.93. The van der Waals surface area contributed by atoms with Crippen LogP contribution in [0.3, 0.4) is 0 Å². The molecule has 0 aliphatic carbocycles. The van der Waals surface area contributed by atoms with Gasteiger partial charge in [-0.3, -0.25) is 5.10 Å². The van der Waals surface area contributed by atoms with E-state index in [1.807, 2.05) is 19.1 Å². The molecule has 2 aromatic heterocycles. The lowest BCUT2D eigenvalue weighted by Crippen LogP contribution is -1.96. The Morgan fingerprint density at radius 2 is 2.28 bits per heavy atom. The first-order valence-corrected chi connectivity index (χ1v) is 6.11. The van der Waals surface area contributed by atoms with Gasteiger partial charge in [-0.1, -0.05) is 0 Å². The van der Waals surface area contributed by atoms with Crippen LogP contribution in [-0.4, -0.2) is 26.3 Å². The molecule has 90 valence electrons. The zero-order valence-corrected chi connectivity index (χ0v) is 10.3. The topological polar surface area (TPSA) is 78.9 Å². The maximum Gasteiger partial charge on any atom is 0.357 e. The largest absolute Gasteiger partial charge is 0.476 e. The molecule has 0 spiro atoms. The first kappa shape index (κ1) is 10.9. The van der Waals surface area contributed by atoms with Gasteiger partial charge in [0.2, 0.25) is 0 Å². The van der Waals surface area contributed by atoms with Gasteiger partial charge >= 0.3 is 5.97 Å². The summed E-state index contributed by atoms with van der Waals surface area (Å²) in [5, 5.41) is 17.0. The number of carbonyl (C=O) groups is 1. The van der Waals surface area contributed by atoms with Crippen LogP contribution in [0.25, 0.3) is 21.5 Å². The smallest absolute Gasteiger partial charge is 0.357 e. The number of hydrogen-bond acceptors (Lipinski definition) is 4. The van der Waals surface area contributed by atoms with Crippen LogP contribution >= 0.6 is 11.3 Å². The summed E-state index contributed by atoms with van der Waals surface area (Å²) in [5.74, 6) is -1.03. The van der Waals surface area contributed by atoms with E-state index in [1.165, 1.54) is 0 Å². The SMILES string of the molecule is Cc1cnc(-c2ccc3[nH]nc(C(=O)O)c3c2)s1. The molecule has 0 atom stereocenters. The number of thiazole rings is 1. The van der Waals surface area contributed by atoms with Crippen LogP contribution in [0.1, 0.15) is 15.4 Å². The number of aryl methyl sites for hydroxylation is 1. The molecule has 18 heavy (non-hydrogen) atoms. The molecule has 0 unspecified atom stereocenters. The lowest BCUT2D eigenvalue weighted by Gasteiger charge is -1.97. The van der Waals surface area contributed by atoms with Crippen LogP contribution in [0.15, 0.2) is 24.4 Å². The minimum Gasteiger partial charge on any atom is -0.476 e. The van der Waals surface area contributed by atoms with Gasteiger partial charge in [0.05, 0.1) is 5.52 Å². The van der Waals surface area contributed by atoms with Crippen LogP contribution in [0.2, 0.25) is 0 Å². The quantitative estimate of drug-likeness (QED) is 0.741. The van der Waals surface area contributed by atoms with E-state index in [4.69, 9.17) is 5.11 Å². The number of nitrogens with one attached hydrogen (secondary N) is 1. The number of aromatic carboxylic acids is 1. The van der Waals surface area contributed by atoms with E-state index in [-0.39, 0.29) is 5.69 Å². The molecule has 0 saturated carbocycles. The van der Waals surface area contributed by atoms with Gasteiger partial charge in [-0.2, -0.15) is 5.10 Å². The number of carboxylic acids is 1. The summed E-state index contributed by atoms with van der Waals surface area (Å²) in [6.07, 6.45) is 1.80. The van der Waals surface area contributed by atoms with Crippen molar-refractivity contribution in [2.24, 2.45) is 0 Å². The molecule has 0 radical (unpaired) electrons. The highest BCUT2D eigenvalue weighted by atomic mass is 32.1. The minimum absolute atomic E-state index is 0.0418. The summed E-state index contributed by atoms with van der Waals surface area (Å²) in [6, 6.07) is 5.53. The van der Waals surface area contributed by atoms with Crippen LogP contribution in [-0.2, 0) is 0 Å². The maximum absolute atomic E-state index is 11.0. The average molecular weight is 259 g/mol. The van der Waals surface area contributed by atoms with Crippen LogP contribution in [0.4, 0.5) is 0 Å². The highest BCUT2D eigenvalue weighted by Gasteiger charge is 2.14. The zero-order chi connectivity index (χ0) is 12.7. The molecular weight excluding hydrogens is 250 g/mol. The van der Waals surface area contributed by atoms with Crippen molar-refractivity contribution in [2.45, 2.75) is 6.92 Å². The number of fused-ring (bicyclic) bond motifs is 1. The molecule has 0 aliphatic rings. The first-order chi connectivity index (χ1) is 8.65. The predicted octanol–water partition coefficient (Wildman–Crippen LogP) is 2.69. The third kappa shape index (κ3) is 1.67. The predicted molar refractivity (Wildman–Crippen MR) is 68.9 cm³/mol. The van der Waals surface area contributed by atoms with E-state index in [9.17, 15) is 4.79 Å². The van der Waals surface area contributed by atoms with Crippen LogP contribution in [0.5, 0.6) is 0 Å². The Hall–Kier alpha value is -2.21. The molecule has 0 saturated heterocycles. The van der Waals surface area contributed by atoms with E-state index < -0.39 is 5.97 Å². The molecule has 3 aromatic rings. The molecular formula is C12H9N3O2S. The molecule has 0 fully saturated rings. The van der Waals surface area contributed by atoms with Crippen molar-refractivity contribution in [3.05, 3.63) is 35.0 Å². The van der Waals surface area contributed by atoms with Crippen molar-refractivity contribution in [3.8, 4) is 10.6 Å². The van der Waals surface area contributed by atoms with Crippen molar-refractivity contribution < 1.29 is 9.90 Å². The molecule has 2 N–H and O–H groups in total. The standard InChI is InChI=1S/C12H9N3O2S/c1-6-5-13-11(18-6)7-2-3-9-8(4-7)10(12(16)17)15-14-9/h2-5H,1H3,(H,14,15)(H,16,17). The second-order valence-electron chi connectivity index (χ2n) is 3.91. The number of carboxylic acid groups (broad SMARTS) is 1. The van der Waals surface area contributed by atoms with E-state index in [2.05, 4.69) is 15.2 Å². The lowest BCUT2D eigenvalue weighted by molar-refractivity contribution is 0.0692. The second-order valence-corrected chi connectivity index (χ2v) is 5.15. The van der Waals surface area contributed by atoms with Gasteiger partial charge in [0.15, 0.2) is 5.69 Å². The summed E-state index contributed by atoms with van der Waals surface area (Å²) >= 11 is 1.58. The van der Waals surface area contributed by atoms with Gasteiger partial charge in [0.1, 0.15) is 5.01 Å². The Balaban J connectivity index is 2.20. The number of rotatable bonds is 2. The summed E-state index contributed by atoms with van der Waals surface area (Å²) in [6.45, 7) is 1.99. The highest BCUT2D eigenvalue weighted by Crippen LogP contribution is 2.28. The van der Waals surface area contributed by atoms with Crippen molar-refractivity contribution in [3.63, 3.8) is 0 Å². The van der Waals surface area contributed by atoms with Gasteiger partial charge in [-0.25, -0.2) is 9.78 Å². The Labute approximate surface area is 106 Å². The fraction of sp³-hybridized carbons (Fsp3) is 0.0833. The van der Waals surface area contributed by atoms with E-state index in [1.54, 1.807) is 23.6 Å². The highest BCUT2D eigenvalue weighted by molar-refractivity contribution is 7.14. The molecule has 3 rings (SSSR count). The summed E-state index contributed by atoms with van der Waals surface area (Å²) < 4.78 is 0. The molecule has 0 amide bonds. The third-order valence-corrected chi connectivity index (χ3v) is 3.60. The number of hydrogen-bond donors (Lipinski definition) is 2. The van der Waals surface area contributed by atoms with Crippen molar-refractivity contribution in [1.29, 1.82) is 0 Å². The number of aromatic nitrogens is 3. The molecule has 5 nitrogen and oxygen atoms in total. The van der Waals surface area contributed by atoms with Gasteiger partial charge in [0.25, 0.3) is 0 Å². The minimum atomic E-state index is -1.03. The monoisotopic (exact) mass is 259 g/mol. The van der Waals surface area contributed by atoms with Crippen molar-refractivity contribution in [1.82, 2.24) is 15.2 Å². The molecule has 1 aromatic carbocycles. The van der Waals surface area contributed by atoms with Gasteiger partial charge in [0, 0.05) is 22.0 Å². The normalized spacial score (nSPS) is 10.9. The van der Waals surface area contributed by atoms with Gasteiger partial charge in [-0.05, 0) is 25.1 Å². The Kier molecular flexibility index (Phi) is 2.38. The molecule has 6 heteroatoms. The summed E-state index contributed by atoms with van der Waals surface area (Å²) in [7, 11) is 0. The fourth-order valence-electron chi connectivity index (χ4n) is 1.80. The van der Waals surface area contributed by atoms with Gasteiger partial charge < -0.3 is 5.11 Å². The lowest BCUT2D eigenvalue weighted by atomic mass is 10.1. The number of benzene rings is 1. The van der Waals surface area contributed by atoms with Crippen LogP contribution in [0, 0.1) is 6.92 Å². The molecule has 2 heterocycles. The number of aromatic amines is 1. The Bertz CT molecular complexity index is 745. The van der Waals surface area contributed by atoms with E-state index in [0.717, 1.165) is 15.4 Å². The summed E-state index contributed by atoms with van der Waals surface area (Å²) in [5.41, 5.74) is 1.66. The number of nitrogens with zero attached hydrogens (tertiary/aromatic N) is 2. The zero-order valence-electron chi connectivity index (χ0n) is 9.47. The fourth-order valence-corrected chi connectivity index (χ4v) is 2.56. The van der Waals surface area contributed by atoms with Crippen molar-refractivity contribution >= 4 is 28.2 Å². The Morgan fingerprint density at radius 3 is 2.94 bits per heavy atom. The molecule has 0 aliphatic heterocycles. The second kappa shape index (κ2) is 3.92. The van der Waals surface area contributed by atoms with E-state index >= 15 is 0 Å². The maximum atomic E-state index is 11.0. The first-order valence-electron chi connectivity index (χ1n) is 5.29. The summed E-state index contributed by atoms with van der Waals surface area (Å²) in [4.78, 5) is 16.4.